The quantitative estimate of drug-likeness (QED) is 0.307. The first-order chi connectivity index (χ1) is 18.3. The molecular weight excluding hydrogens is 512 g/mol. The summed E-state index contributed by atoms with van der Waals surface area (Å²) in [4.78, 5) is 55.7. The van der Waals surface area contributed by atoms with Crippen molar-refractivity contribution >= 4 is 23.5 Å². The summed E-state index contributed by atoms with van der Waals surface area (Å²) in [5.41, 5.74) is -9.28. The van der Waals surface area contributed by atoms with Crippen LogP contribution in [-0.2, 0) is 42.9 Å². The van der Waals surface area contributed by atoms with Crippen LogP contribution in [0.1, 0.15) is 46.5 Å². The molecular formula is C28H30O11. The number of esters is 2. The molecule has 3 spiro atoms. The Morgan fingerprint density at radius 3 is 2.62 bits per heavy atom. The number of ether oxygens (including phenoxy) is 5. The molecule has 3 aliphatic carbocycles. The maximum atomic E-state index is 14.9. The molecule has 0 unspecified atom stereocenters. The molecule has 8 fully saturated rings. The largest absolute Gasteiger partial charge is 0.458 e. The van der Waals surface area contributed by atoms with Crippen LogP contribution in [0.5, 0.6) is 0 Å². The van der Waals surface area contributed by atoms with Crippen LogP contribution in [0, 0.1) is 34.5 Å². The molecule has 0 amide bonds. The molecule has 2 N–H and O–H groups in total. The fourth-order valence-electron chi connectivity index (χ4n) is 11.0. The van der Waals surface area contributed by atoms with Crippen LogP contribution in [0.3, 0.4) is 0 Å². The molecule has 6 heterocycles. The van der Waals surface area contributed by atoms with E-state index in [1.165, 1.54) is 6.08 Å². The number of aliphatic hydroxyl groups excluding tert-OH is 1. The van der Waals surface area contributed by atoms with Gasteiger partial charge in [0.05, 0.1) is 30.0 Å². The van der Waals surface area contributed by atoms with E-state index in [9.17, 15) is 29.4 Å². The Bertz CT molecular complexity index is 1370. The topological polar surface area (TPSA) is 158 Å². The first-order valence-electron chi connectivity index (χ1n) is 13.9. The third-order valence-corrected chi connectivity index (χ3v) is 13.0. The number of hydrogen-bond donors (Lipinski definition) is 2. The average molecular weight is 543 g/mol. The second kappa shape index (κ2) is 6.04. The van der Waals surface area contributed by atoms with Gasteiger partial charge in [0.15, 0.2) is 28.4 Å². The third kappa shape index (κ3) is 1.90. The SMILES string of the molecule is C[C@@]12C[C@H]3OC(=O)[C@@H]1CO[C@]14O[C@]5([C@H]2C1=O)[C@@](O)(CC[C@H]1[C@H]4C[C@H](O)[C@@]24O[C@@H]2C=CC(=O)[C@]14C)C(=O)O[C@@]35C. The van der Waals surface area contributed by atoms with Gasteiger partial charge in [0, 0.05) is 5.92 Å². The zero-order valence-electron chi connectivity index (χ0n) is 21.8. The summed E-state index contributed by atoms with van der Waals surface area (Å²) >= 11 is 0. The lowest BCUT2D eigenvalue weighted by atomic mass is 9.46. The number of epoxide rings is 1. The van der Waals surface area contributed by atoms with Crippen LogP contribution < -0.4 is 0 Å². The molecule has 5 bridgehead atoms. The molecule has 0 aromatic rings. The number of fused-ring (bicyclic) bond motifs is 4. The van der Waals surface area contributed by atoms with Crippen molar-refractivity contribution in [3.8, 4) is 0 Å². The molecule has 9 rings (SSSR count). The number of hydrogen-bond acceptors (Lipinski definition) is 11. The number of aliphatic hydroxyl groups is 2. The molecule has 0 radical (unpaired) electrons. The minimum Gasteiger partial charge on any atom is -0.458 e. The van der Waals surface area contributed by atoms with Crippen LogP contribution in [0.25, 0.3) is 0 Å². The summed E-state index contributed by atoms with van der Waals surface area (Å²) in [6, 6.07) is 0. The third-order valence-electron chi connectivity index (χ3n) is 13.0. The van der Waals surface area contributed by atoms with Crippen molar-refractivity contribution in [3.05, 3.63) is 12.2 Å². The van der Waals surface area contributed by atoms with Gasteiger partial charge in [-0.1, -0.05) is 6.92 Å². The molecule has 6 aliphatic heterocycles. The Hall–Kier alpha value is -2.18. The van der Waals surface area contributed by atoms with Gasteiger partial charge in [0.25, 0.3) is 0 Å². The molecule has 2 saturated carbocycles. The van der Waals surface area contributed by atoms with Crippen LogP contribution in [0.4, 0.5) is 0 Å². The normalized spacial score (nSPS) is 64.7. The molecule has 6 saturated heterocycles. The molecule has 0 aromatic heterocycles. The summed E-state index contributed by atoms with van der Waals surface area (Å²) in [6.07, 6.45) is 0.918. The van der Waals surface area contributed by atoms with Gasteiger partial charge in [-0.15, -0.1) is 0 Å². The van der Waals surface area contributed by atoms with E-state index in [2.05, 4.69) is 0 Å². The predicted octanol–water partition coefficient (Wildman–Crippen LogP) is -0.261. The predicted molar refractivity (Wildman–Crippen MR) is 123 cm³/mol. The van der Waals surface area contributed by atoms with Gasteiger partial charge in [0.2, 0.25) is 5.79 Å². The zero-order chi connectivity index (χ0) is 27.3. The Kier molecular flexibility index (Phi) is 3.64. The van der Waals surface area contributed by atoms with Crippen molar-refractivity contribution in [2.45, 2.75) is 93.0 Å². The minimum atomic E-state index is -2.26. The standard InChI is InChI=1S/C28H30O11/c1-22-9-17-24(3)28-18(22)19(31)27(39-28,35-10-13(22)20(32)36-17)12-8-15(30)26-16(37-26)5-4-14(29)23(26,2)11(12)6-7-25(28,34)21(33)38-24/h4-5,11-13,15-18,30,34H,6-10H2,1-3H3/t11-,12+,13-,15-,16+,17+,18-,22+,23-,24-,25+,26+,27+,28-/m0/s1. The maximum Gasteiger partial charge on any atom is 0.342 e. The van der Waals surface area contributed by atoms with E-state index < -0.39 is 98.7 Å². The maximum absolute atomic E-state index is 14.9. The highest BCUT2D eigenvalue weighted by Crippen LogP contribution is 2.76. The second-order valence-electron chi connectivity index (χ2n) is 13.9. The van der Waals surface area contributed by atoms with Crippen LogP contribution in [-0.4, -0.2) is 86.8 Å². The lowest BCUT2D eigenvalue weighted by Crippen LogP contribution is -2.79. The van der Waals surface area contributed by atoms with Crippen molar-refractivity contribution in [3.63, 3.8) is 0 Å². The number of ketones is 2. The molecule has 208 valence electrons. The molecule has 39 heavy (non-hydrogen) atoms. The van der Waals surface area contributed by atoms with Crippen molar-refractivity contribution in [1.29, 1.82) is 0 Å². The van der Waals surface area contributed by atoms with Gasteiger partial charge in [0.1, 0.15) is 17.8 Å². The second-order valence-corrected chi connectivity index (χ2v) is 13.9. The number of carbonyl (C=O) groups is 4. The van der Waals surface area contributed by atoms with Crippen LogP contribution in [0.2, 0.25) is 0 Å². The van der Waals surface area contributed by atoms with E-state index in [0.29, 0.717) is 0 Å². The lowest BCUT2D eigenvalue weighted by Gasteiger charge is -2.63. The van der Waals surface area contributed by atoms with E-state index in [1.807, 2.05) is 6.92 Å². The van der Waals surface area contributed by atoms with E-state index >= 15 is 0 Å². The van der Waals surface area contributed by atoms with E-state index in [1.54, 1.807) is 19.9 Å². The average Bonchev–Trinajstić information content (AvgIpc) is 3.52. The number of rotatable bonds is 0. The fraction of sp³-hybridized carbons (Fsp3) is 0.786. The van der Waals surface area contributed by atoms with E-state index in [4.69, 9.17) is 23.7 Å². The van der Waals surface area contributed by atoms with E-state index in [0.717, 1.165) is 0 Å². The number of carbonyl (C=O) groups excluding carboxylic acids is 4. The fourth-order valence-corrected chi connectivity index (χ4v) is 11.0. The smallest absolute Gasteiger partial charge is 0.342 e. The van der Waals surface area contributed by atoms with Crippen molar-refractivity contribution in [2.24, 2.45) is 34.5 Å². The Morgan fingerprint density at radius 1 is 1.08 bits per heavy atom. The van der Waals surface area contributed by atoms with Gasteiger partial charge in [-0.05, 0) is 63.0 Å². The van der Waals surface area contributed by atoms with Crippen LogP contribution >= 0.6 is 0 Å². The Balaban J connectivity index is 1.34. The molecule has 11 heteroatoms. The molecule has 14 atom stereocenters. The van der Waals surface area contributed by atoms with Crippen LogP contribution in [0.15, 0.2) is 12.2 Å². The van der Waals surface area contributed by atoms with Gasteiger partial charge in [-0.25, -0.2) is 4.79 Å². The molecule has 9 aliphatic rings. The zero-order valence-corrected chi connectivity index (χ0v) is 21.8. The lowest BCUT2D eigenvalue weighted by molar-refractivity contribution is -0.378. The number of allylic oxidation sites excluding steroid dienone is 1. The van der Waals surface area contributed by atoms with E-state index in [-0.39, 0.29) is 38.1 Å². The summed E-state index contributed by atoms with van der Waals surface area (Å²) in [6.45, 7) is 4.95. The first-order valence-corrected chi connectivity index (χ1v) is 13.9. The first kappa shape index (κ1) is 23.5. The monoisotopic (exact) mass is 542 g/mol. The summed E-state index contributed by atoms with van der Waals surface area (Å²) in [5, 5.41) is 24.0. The summed E-state index contributed by atoms with van der Waals surface area (Å²) in [5.74, 6) is -7.64. The number of Topliss-reactive ketones (excluding diaryl/α,β-unsaturated/α-hetero) is 1. The highest BCUT2D eigenvalue weighted by atomic mass is 16.8. The summed E-state index contributed by atoms with van der Waals surface area (Å²) < 4.78 is 31.1. The van der Waals surface area contributed by atoms with Crippen molar-refractivity contribution in [2.75, 3.05) is 6.61 Å². The minimum absolute atomic E-state index is 0.0472. The van der Waals surface area contributed by atoms with Crippen molar-refractivity contribution in [1.82, 2.24) is 0 Å². The Labute approximate surface area is 223 Å². The van der Waals surface area contributed by atoms with Gasteiger partial charge < -0.3 is 33.9 Å². The Morgan fingerprint density at radius 2 is 1.85 bits per heavy atom. The van der Waals surface area contributed by atoms with Crippen molar-refractivity contribution < 1.29 is 53.1 Å². The highest BCUT2D eigenvalue weighted by molar-refractivity contribution is 6.01. The molecule has 0 aromatic carbocycles. The highest BCUT2D eigenvalue weighted by Gasteiger charge is 2.94. The summed E-state index contributed by atoms with van der Waals surface area (Å²) in [7, 11) is 0. The van der Waals surface area contributed by atoms with Gasteiger partial charge in [-0.2, -0.15) is 0 Å². The van der Waals surface area contributed by atoms with Gasteiger partial charge in [-0.3, -0.25) is 14.4 Å². The molecule has 11 nitrogen and oxygen atoms in total. The van der Waals surface area contributed by atoms with Gasteiger partial charge >= 0.3 is 11.9 Å².